The van der Waals surface area contributed by atoms with E-state index in [1.807, 2.05) is 5.32 Å². The molecule has 1 unspecified atom stereocenters. The fraction of sp³-hybridized carbons (Fsp3) is 0.360. The highest BCUT2D eigenvalue weighted by molar-refractivity contribution is 6.07. The molecular weight excluding hydrogens is 490 g/mol. The number of alkyl halides is 6. The van der Waals surface area contributed by atoms with Gasteiger partial charge in [0.1, 0.15) is 23.1 Å². The summed E-state index contributed by atoms with van der Waals surface area (Å²) in [5.74, 6) is -0.715. The molecule has 0 saturated carbocycles. The average molecular weight is 512 g/mol. The van der Waals surface area contributed by atoms with Crippen molar-refractivity contribution in [3.05, 3.63) is 64.7 Å². The van der Waals surface area contributed by atoms with Crippen LogP contribution in [0.2, 0.25) is 0 Å². The fourth-order valence-electron chi connectivity index (χ4n) is 3.97. The normalized spacial score (nSPS) is 18.5. The number of hydrogen-bond acceptors (Lipinski definition) is 4. The van der Waals surface area contributed by atoms with Crippen LogP contribution in [0.25, 0.3) is 5.57 Å². The Morgan fingerprint density at radius 2 is 1.75 bits per heavy atom. The lowest BCUT2D eigenvalue weighted by Crippen LogP contribution is -2.58. The van der Waals surface area contributed by atoms with Gasteiger partial charge in [0.05, 0.1) is 13.7 Å². The van der Waals surface area contributed by atoms with Crippen LogP contribution in [-0.2, 0) is 10.3 Å². The van der Waals surface area contributed by atoms with E-state index in [1.54, 1.807) is 19.1 Å². The molecule has 0 fully saturated rings. The zero-order chi connectivity index (χ0) is 26.7. The summed E-state index contributed by atoms with van der Waals surface area (Å²) in [6.07, 6.45) is -11.4. The van der Waals surface area contributed by atoms with E-state index in [0.717, 1.165) is 12.1 Å². The molecule has 1 heterocycles. The Hall–Kier alpha value is -3.68. The van der Waals surface area contributed by atoms with Crippen LogP contribution < -0.4 is 14.8 Å². The van der Waals surface area contributed by atoms with Gasteiger partial charge in [-0.05, 0) is 53.8 Å². The molecule has 0 spiro atoms. The summed E-state index contributed by atoms with van der Waals surface area (Å²) in [7, 11) is 1.39. The number of amides is 1. The molecule has 2 aromatic carbocycles. The molecule has 1 atom stereocenters. The minimum Gasteiger partial charge on any atom is -0.496 e. The molecule has 11 heteroatoms. The second-order valence-electron chi connectivity index (χ2n) is 8.28. The summed E-state index contributed by atoms with van der Waals surface area (Å²) in [5.41, 5.74) is -2.75. The molecule has 192 valence electrons. The second-order valence-corrected chi connectivity index (χ2v) is 8.28. The fourth-order valence-corrected chi connectivity index (χ4v) is 3.97. The third kappa shape index (κ3) is 5.58. The predicted molar refractivity (Wildman–Crippen MR) is 118 cm³/mol. The highest BCUT2D eigenvalue weighted by Crippen LogP contribution is 2.48. The Kier molecular flexibility index (Phi) is 7.57. The molecule has 1 amide bonds. The zero-order valence-corrected chi connectivity index (χ0v) is 19.3. The Balaban J connectivity index is 1.98. The molecular formula is C25H22F6N2O3. The number of rotatable bonds is 7. The van der Waals surface area contributed by atoms with Crippen LogP contribution in [-0.4, -0.2) is 32.0 Å². The first-order chi connectivity index (χ1) is 16.8. The topological polar surface area (TPSA) is 71.3 Å². The molecule has 0 bridgehead atoms. The minimum absolute atomic E-state index is 0.0807. The number of halogens is 6. The lowest BCUT2D eigenvalue weighted by Gasteiger charge is -2.40. The lowest BCUT2D eigenvalue weighted by molar-refractivity contribution is -0.201. The van der Waals surface area contributed by atoms with E-state index in [9.17, 15) is 36.4 Å². The van der Waals surface area contributed by atoms with Gasteiger partial charge in [-0.3, -0.25) is 4.79 Å². The summed E-state index contributed by atoms with van der Waals surface area (Å²) in [5, 5.41) is 11.5. The molecule has 2 aromatic rings. The number of hydrogen-bond donors (Lipinski definition) is 1. The summed E-state index contributed by atoms with van der Waals surface area (Å²) >= 11 is 0. The van der Waals surface area contributed by atoms with Gasteiger partial charge in [0.2, 0.25) is 0 Å². The maximum atomic E-state index is 14.6. The van der Waals surface area contributed by atoms with Gasteiger partial charge in [0, 0.05) is 12.8 Å². The van der Waals surface area contributed by atoms with Gasteiger partial charge in [-0.1, -0.05) is 24.3 Å². The molecule has 36 heavy (non-hydrogen) atoms. The zero-order valence-electron chi connectivity index (χ0n) is 19.3. The molecule has 1 aliphatic rings. The van der Waals surface area contributed by atoms with E-state index in [1.165, 1.54) is 31.4 Å². The molecule has 0 aromatic heterocycles. The Morgan fingerprint density at radius 3 is 2.31 bits per heavy atom. The third-order valence-electron chi connectivity index (χ3n) is 5.87. The average Bonchev–Trinajstić information content (AvgIpc) is 2.80. The Labute approximate surface area is 203 Å². The van der Waals surface area contributed by atoms with Crippen molar-refractivity contribution in [2.24, 2.45) is 0 Å². The number of nitrogens with one attached hydrogen (secondary N) is 1. The van der Waals surface area contributed by atoms with Crippen molar-refractivity contribution in [3.63, 3.8) is 0 Å². The van der Waals surface area contributed by atoms with Gasteiger partial charge in [0.15, 0.2) is 5.54 Å². The van der Waals surface area contributed by atoms with Crippen molar-refractivity contribution in [1.82, 2.24) is 5.32 Å². The van der Waals surface area contributed by atoms with Crippen LogP contribution in [0.4, 0.5) is 26.3 Å². The van der Waals surface area contributed by atoms with Gasteiger partial charge >= 0.3 is 12.4 Å². The maximum absolute atomic E-state index is 14.6. The van der Waals surface area contributed by atoms with Gasteiger partial charge in [-0.15, -0.1) is 0 Å². The maximum Gasteiger partial charge on any atom is 0.416 e. The van der Waals surface area contributed by atoms with E-state index in [0.29, 0.717) is 11.3 Å². The number of aryl methyl sites for hydroxylation is 1. The number of nitriles is 1. The largest absolute Gasteiger partial charge is 0.496 e. The SMILES string of the molecule is COc1cc(C2=C(C#N)C(=O)NC(c3ccc(OCCCC(F)(F)F)cc3)(C(F)(F)F)C2)ccc1C. The van der Waals surface area contributed by atoms with E-state index in [4.69, 9.17) is 9.47 Å². The molecule has 0 saturated heterocycles. The number of nitrogens with zero attached hydrogens (tertiary/aromatic N) is 1. The standard InChI is InChI=1S/C25H22F6N2O3/c1-15-4-5-16(12-21(15)35-2)19-13-23(25(29,30)31,33-22(34)20(19)14-32)17-6-8-18(9-7-17)36-11-3-10-24(26,27)28/h4-9,12H,3,10-11,13H2,1-2H3,(H,33,34). The third-order valence-corrected chi connectivity index (χ3v) is 5.87. The summed E-state index contributed by atoms with van der Waals surface area (Å²) in [6.45, 7) is 1.47. The number of methoxy groups -OCH3 is 1. The molecule has 3 rings (SSSR count). The highest BCUT2D eigenvalue weighted by atomic mass is 19.4. The lowest BCUT2D eigenvalue weighted by atomic mass is 9.76. The van der Waals surface area contributed by atoms with Crippen LogP contribution in [0.15, 0.2) is 48.0 Å². The van der Waals surface area contributed by atoms with Crippen LogP contribution in [0, 0.1) is 18.3 Å². The smallest absolute Gasteiger partial charge is 0.416 e. The second kappa shape index (κ2) is 10.1. The van der Waals surface area contributed by atoms with Gasteiger partial charge in [-0.25, -0.2) is 0 Å². The van der Waals surface area contributed by atoms with Gasteiger partial charge in [-0.2, -0.15) is 31.6 Å². The number of ether oxygens (including phenoxy) is 2. The highest BCUT2D eigenvalue weighted by Gasteiger charge is 2.59. The molecule has 0 radical (unpaired) electrons. The molecule has 1 N–H and O–H groups in total. The van der Waals surface area contributed by atoms with Gasteiger partial charge in [0.25, 0.3) is 5.91 Å². The van der Waals surface area contributed by atoms with Crippen molar-refractivity contribution in [1.29, 1.82) is 5.26 Å². The minimum atomic E-state index is -4.96. The van der Waals surface area contributed by atoms with Crippen molar-refractivity contribution in [3.8, 4) is 17.6 Å². The quantitative estimate of drug-likeness (QED) is 0.366. The monoisotopic (exact) mass is 512 g/mol. The Bertz CT molecular complexity index is 1200. The van der Waals surface area contributed by atoms with E-state index in [2.05, 4.69) is 0 Å². The first-order valence-electron chi connectivity index (χ1n) is 10.8. The van der Waals surface area contributed by atoms with Gasteiger partial charge < -0.3 is 14.8 Å². The van der Waals surface area contributed by atoms with Crippen LogP contribution in [0.1, 0.15) is 36.0 Å². The number of carbonyl (C=O) groups excluding carboxylic acids is 1. The van der Waals surface area contributed by atoms with Crippen LogP contribution >= 0.6 is 0 Å². The summed E-state index contributed by atoms with van der Waals surface area (Å²) < 4.78 is 90.9. The van der Waals surface area contributed by atoms with E-state index in [-0.39, 0.29) is 35.5 Å². The number of benzene rings is 2. The summed E-state index contributed by atoms with van der Waals surface area (Å²) in [4.78, 5) is 12.7. The van der Waals surface area contributed by atoms with Crippen molar-refractivity contribution in [2.75, 3.05) is 13.7 Å². The first kappa shape index (κ1) is 26.9. The molecule has 5 nitrogen and oxygen atoms in total. The van der Waals surface area contributed by atoms with E-state index < -0.39 is 42.2 Å². The van der Waals surface area contributed by atoms with Crippen LogP contribution in [0.5, 0.6) is 11.5 Å². The molecule has 1 aliphatic heterocycles. The number of carbonyl (C=O) groups is 1. The predicted octanol–water partition coefficient (Wildman–Crippen LogP) is 5.98. The van der Waals surface area contributed by atoms with Crippen molar-refractivity contribution in [2.45, 2.75) is 44.1 Å². The molecule has 0 aliphatic carbocycles. The first-order valence-corrected chi connectivity index (χ1v) is 10.8. The Morgan fingerprint density at radius 1 is 1.08 bits per heavy atom. The van der Waals surface area contributed by atoms with E-state index >= 15 is 0 Å². The van der Waals surface area contributed by atoms with Crippen molar-refractivity contribution >= 4 is 11.5 Å². The summed E-state index contributed by atoms with van der Waals surface area (Å²) in [6, 6.07) is 10.9. The van der Waals surface area contributed by atoms with Crippen LogP contribution in [0.3, 0.4) is 0 Å². The van der Waals surface area contributed by atoms with Crippen molar-refractivity contribution < 1.29 is 40.6 Å².